The van der Waals surface area contributed by atoms with Crippen molar-refractivity contribution in [2.24, 2.45) is 0 Å². The summed E-state index contributed by atoms with van der Waals surface area (Å²) < 4.78 is 2.38. The van der Waals surface area contributed by atoms with Crippen molar-refractivity contribution in [2.75, 3.05) is 13.1 Å². The fourth-order valence-electron chi connectivity index (χ4n) is 3.84. The van der Waals surface area contributed by atoms with Crippen LogP contribution in [0.3, 0.4) is 0 Å². The maximum Gasteiger partial charge on any atom is 0.232 e. The molecule has 0 aromatic carbocycles. The molecule has 3 heteroatoms. The molecule has 0 amide bonds. The molecular formula is C24H47N2O+. The first-order valence-electron chi connectivity index (χ1n) is 11.9. The third-order valence-corrected chi connectivity index (χ3v) is 5.80. The molecule has 1 heterocycles. The predicted octanol–water partition coefficient (Wildman–Crippen LogP) is 5.81. The van der Waals surface area contributed by atoms with Crippen LogP contribution < -0.4 is 5.32 Å². The molecule has 0 aromatic heterocycles. The van der Waals surface area contributed by atoms with Gasteiger partial charge in [0.2, 0.25) is 6.34 Å². The van der Waals surface area contributed by atoms with Crippen LogP contribution in [0.2, 0.25) is 0 Å². The Morgan fingerprint density at radius 2 is 1.52 bits per heavy atom. The Morgan fingerprint density at radius 1 is 0.889 bits per heavy atom. The minimum absolute atomic E-state index is 0.0962. The van der Waals surface area contributed by atoms with E-state index in [1.807, 2.05) is 0 Å². The molecule has 1 aliphatic rings. The molecule has 158 valence electrons. The molecule has 1 rings (SSSR count). The summed E-state index contributed by atoms with van der Waals surface area (Å²) in [7, 11) is 0. The van der Waals surface area contributed by atoms with Crippen LogP contribution in [0.1, 0.15) is 110 Å². The Bertz CT molecular complexity index is 392. The molecular weight excluding hydrogens is 332 g/mol. The highest BCUT2D eigenvalue weighted by Gasteiger charge is 2.16. The van der Waals surface area contributed by atoms with Gasteiger partial charge in [-0.25, -0.2) is 0 Å². The summed E-state index contributed by atoms with van der Waals surface area (Å²) in [4.78, 5) is 0. The predicted molar refractivity (Wildman–Crippen MR) is 119 cm³/mol. The highest BCUT2D eigenvalue weighted by atomic mass is 16.3. The fourth-order valence-corrected chi connectivity index (χ4v) is 3.84. The largest absolute Gasteiger partial charge is 0.393 e. The Kier molecular flexibility index (Phi) is 15.5. The van der Waals surface area contributed by atoms with E-state index in [-0.39, 0.29) is 6.10 Å². The molecule has 27 heavy (non-hydrogen) atoms. The summed E-state index contributed by atoms with van der Waals surface area (Å²) in [5, 5.41) is 13.4. The maximum absolute atomic E-state index is 10.2. The van der Waals surface area contributed by atoms with E-state index in [9.17, 15) is 5.11 Å². The van der Waals surface area contributed by atoms with Crippen LogP contribution in [-0.2, 0) is 0 Å². The lowest BCUT2D eigenvalue weighted by atomic mass is 10.0. The highest BCUT2D eigenvalue weighted by Crippen LogP contribution is 2.13. The quantitative estimate of drug-likeness (QED) is 0.179. The minimum Gasteiger partial charge on any atom is -0.393 e. The monoisotopic (exact) mass is 379 g/mol. The number of allylic oxidation sites excluding steroid dienone is 2. The Labute approximate surface area is 169 Å². The molecule has 0 aromatic rings. The number of aliphatic hydroxyl groups excluding tert-OH is 1. The van der Waals surface area contributed by atoms with Gasteiger partial charge in [-0.05, 0) is 58.3 Å². The van der Waals surface area contributed by atoms with Gasteiger partial charge >= 0.3 is 0 Å². The second kappa shape index (κ2) is 17.3. The van der Waals surface area contributed by atoms with Crippen molar-refractivity contribution in [3.63, 3.8) is 0 Å². The van der Waals surface area contributed by atoms with Gasteiger partial charge in [0.15, 0.2) is 0 Å². The van der Waals surface area contributed by atoms with Gasteiger partial charge in [-0.1, -0.05) is 64.0 Å². The van der Waals surface area contributed by atoms with Crippen molar-refractivity contribution in [1.82, 2.24) is 5.32 Å². The first-order chi connectivity index (χ1) is 13.2. The topological polar surface area (TPSA) is 35.3 Å². The van der Waals surface area contributed by atoms with Crippen molar-refractivity contribution in [1.29, 1.82) is 0 Å². The summed E-state index contributed by atoms with van der Waals surface area (Å²) in [6.45, 7) is 6.76. The van der Waals surface area contributed by atoms with Gasteiger partial charge in [-0.2, -0.15) is 0 Å². The standard InChI is InChI=1S/C24H46N2O/c1-3-4-5-6-7-8-9-10-11-12-13-14-15-18-24(27)19-16-17-23(2)26-21-20-25-22-26/h10-11,22-24,27H,3-9,12-21H2,1-2H3/p+1/b11-10-. The second-order valence-corrected chi connectivity index (χ2v) is 8.42. The normalized spacial score (nSPS) is 16.5. The van der Waals surface area contributed by atoms with E-state index in [2.05, 4.69) is 42.2 Å². The van der Waals surface area contributed by atoms with Gasteiger partial charge in [0.05, 0.1) is 12.1 Å². The fraction of sp³-hybridized carbons (Fsp3) is 0.875. The SMILES string of the molecule is CCCCCCCC/C=C\CCCCCC(O)CCCC(C)[N+]1=CNCC1. The molecule has 2 N–H and O–H groups in total. The molecule has 0 fully saturated rings. The average Bonchev–Trinajstić information content (AvgIpc) is 3.20. The molecule has 2 atom stereocenters. The minimum atomic E-state index is -0.0962. The van der Waals surface area contributed by atoms with Gasteiger partial charge in [0, 0.05) is 0 Å². The van der Waals surface area contributed by atoms with E-state index in [4.69, 9.17) is 0 Å². The molecule has 0 aliphatic carbocycles. The molecule has 0 radical (unpaired) electrons. The lowest BCUT2D eigenvalue weighted by Crippen LogP contribution is -2.23. The summed E-state index contributed by atoms with van der Waals surface area (Å²) >= 11 is 0. The number of hydrogen-bond donors (Lipinski definition) is 2. The van der Waals surface area contributed by atoms with Crippen LogP contribution in [0.5, 0.6) is 0 Å². The number of rotatable bonds is 18. The van der Waals surface area contributed by atoms with Crippen LogP contribution in [0.25, 0.3) is 0 Å². The molecule has 3 nitrogen and oxygen atoms in total. The van der Waals surface area contributed by atoms with E-state index in [1.54, 1.807) is 0 Å². The van der Waals surface area contributed by atoms with Crippen molar-refractivity contribution >= 4 is 6.34 Å². The van der Waals surface area contributed by atoms with Gasteiger partial charge in [0.25, 0.3) is 0 Å². The first-order valence-corrected chi connectivity index (χ1v) is 11.9. The number of aliphatic hydroxyl groups is 1. The van der Waals surface area contributed by atoms with Crippen LogP contribution >= 0.6 is 0 Å². The molecule has 0 bridgehead atoms. The molecule has 0 saturated carbocycles. The zero-order valence-corrected chi connectivity index (χ0v) is 18.3. The maximum atomic E-state index is 10.2. The molecule has 2 unspecified atom stereocenters. The summed E-state index contributed by atoms with van der Waals surface area (Å²) in [6, 6.07) is 0.593. The first kappa shape index (κ1) is 24.2. The zero-order valence-electron chi connectivity index (χ0n) is 18.3. The smallest absolute Gasteiger partial charge is 0.232 e. The number of nitrogens with zero attached hydrogens (tertiary/aromatic N) is 1. The van der Waals surface area contributed by atoms with Crippen molar-refractivity contribution < 1.29 is 9.68 Å². The van der Waals surface area contributed by atoms with Crippen LogP contribution in [-0.4, -0.2) is 41.3 Å². The third-order valence-electron chi connectivity index (χ3n) is 5.80. The lowest BCUT2D eigenvalue weighted by molar-refractivity contribution is -0.550. The van der Waals surface area contributed by atoms with E-state index < -0.39 is 0 Å². The van der Waals surface area contributed by atoms with E-state index in [0.29, 0.717) is 6.04 Å². The Balaban J connectivity index is 1.83. The summed E-state index contributed by atoms with van der Waals surface area (Å²) in [5.74, 6) is 0. The Morgan fingerprint density at radius 3 is 2.19 bits per heavy atom. The molecule has 0 spiro atoms. The van der Waals surface area contributed by atoms with Gasteiger partial charge in [-0.3, -0.25) is 9.89 Å². The van der Waals surface area contributed by atoms with Gasteiger partial charge < -0.3 is 5.11 Å². The lowest BCUT2D eigenvalue weighted by Gasteiger charge is -2.13. The molecule has 1 aliphatic heterocycles. The van der Waals surface area contributed by atoms with Crippen molar-refractivity contribution in [3.8, 4) is 0 Å². The second-order valence-electron chi connectivity index (χ2n) is 8.42. The number of nitrogens with one attached hydrogen (secondary N) is 1. The van der Waals surface area contributed by atoms with Crippen molar-refractivity contribution in [3.05, 3.63) is 12.2 Å². The number of unbranched alkanes of at least 4 members (excludes halogenated alkanes) is 9. The summed E-state index contributed by atoms with van der Waals surface area (Å²) in [5.41, 5.74) is 0. The van der Waals surface area contributed by atoms with Crippen molar-refractivity contribution in [2.45, 2.75) is 122 Å². The third kappa shape index (κ3) is 13.9. The number of hydrogen-bond acceptors (Lipinski definition) is 2. The average molecular weight is 380 g/mol. The Hall–Kier alpha value is -0.830. The van der Waals surface area contributed by atoms with Crippen LogP contribution in [0, 0.1) is 0 Å². The summed E-state index contributed by atoms with van der Waals surface area (Å²) in [6.07, 6.45) is 25.5. The van der Waals surface area contributed by atoms with Gasteiger partial charge in [0.1, 0.15) is 13.1 Å². The van der Waals surface area contributed by atoms with Gasteiger partial charge in [-0.15, -0.1) is 0 Å². The van der Waals surface area contributed by atoms with E-state index in [1.165, 1.54) is 77.0 Å². The van der Waals surface area contributed by atoms with E-state index in [0.717, 1.165) is 32.4 Å². The zero-order chi connectivity index (χ0) is 19.6. The van der Waals surface area contributed by atoms with Crippen LogP contribution in [0.15, 0.2) is 12.2 Å². The van der Waals surface area contributed by atoms with Crippen LogP contribution in [0.4, 0.5) is 0 Å². The highest BCUT2D eigenvalue weighted by molar-refractivity contribution is 5.49. The molecule has 0 saturated heterocycles. The van der Waals surface area contributed by atoms with E-state index >= 15 is 0 Å².